The molecule has 0 saturated heterocycles. The van der Waals surface area contributed by atoms with Crippen LogP contribution in [0.5, 0.6) is 0 Å². The molecule has 4 nitrogen and oxygen atoms in total. The average molecular weight is 456 g/mol. The summed E-state index contributed by atoms with van der Waals surface area (Å²) in [7, 11) is -1.91. The van der Waals surface area contributed by atoms with E-state index in [0.717, 1.165) is 0 Å². The van der Waals surface area contributed by atoms with Gasteiger partial charge in [-0.1, -0.05) is 72.8 Å². The molecular formula is C24H21CrO4P. The molecule has 0 heterocycles. The topological polar surface area (TPSA) is 77.4 Å². The van der Waals surface area contributed by atoms with Gasteiger partial charge < -0.3 is 0 Å². The summed E-state index contributed by atoms with van der Waals surface area (Å²) in [6.45, 7) is 0. The molecule has 0 atom stereocenters. The monoisotopic (exact) mass is 456 g/mol. The van der Waals surface area contributed by atoms with Gasteiger partial charge >= 0.3 is 29.5 Å². The molecule has 0 aromatic heterocycles. The Morgan fingerprint density at radius 3 is 0.833 bits per heavy atom. The number of benzene rings is 4. The fraction of sp³-hybridized carbons (Fsp3) is 0. The third kappa shape index (κ3) is 5.29. The Hall–Kier alpha value is -2.64. The summed E-state index contributed by atoms with van der Waals surface area (Å²) in [5.74, 6) is 0. The van der Waals surface area contributed by atoms with E-state index in [9.17, 15) is 0 Å². The van der Waals surface area contributed by atoms with E-state index in [0.29, 0.717) is 0 Å². The van der Waals surface area contributed by atoms with Gasteiger partial charge in [-0.15, -0.1) is 0 Å². The van der Waals surface area contributed by atoms with Gasteiger partial charge in [0, 0.05) is 0 Å². The van der Waals surface area contributed by atoms with Gasteiger partial charge in [-0.2, -0.15) is 0 Å². The normalized spacial score (nSPS) is 11.3. The summed E-state index contributed by atoms with van der Waals surface area (Å²) >= 11 is -5.50. The molecular weight excluding hydrogens is 435 g/mol. The molecule has 0 unspecified atom stereocenters. The Kier molecular flexibility index (Phi) is 7.29. The predicted molar refractivity (Wildman–Crippen MR) is 115 cm³/mol. The van der Waals surface area contributed by atoms with Crippen molar-refractivity contribution in [2.45, 2.75) is 0 Å². The number of hydrogen-bond acceptors (Lipinski definition) is 3. The quantitative estimate of drug-likeness (QED) is 0.479. The van der Waals surface area contributed by atoms with Gasteiger partial charge in [0.2, 0.25) is 0 Å². The van der Waals surface area contributed by atoms with Gasteiger partial charge in [-0.25, -0.2) is 0 Å². The van der Waals surface area contributed by atoms with Crippen molar-refractivity contribution in [2.75, 3.05) is 0 Å². The van der Waals surface area contributed by atoms with Gasteiger partial charge in [-0.05, 0) is 48.5 Å². The second kappa shape index (κ2) is 9.91. The summed E-state index contributed by atoms with van der Waals surface area (Å²) in [6, 6.07) is 43.8. The fourth-order valence-corrected chi connectivity index (χ4v) is 7.77. The van der Waals surface area contributed by atoms with Gasteiger partial charge in [0.1, 0.15) is 28.5 Å². The third-order valence-corrected chi connectivity index (χ3v) is 8.86. The first-order valence-electron chi connectivity index (χ1n) is 9.22. The van der Waals surface area contributed by atoms with Crippen molar-refractivity contribution in [1.82, 2.24) is 0 Å². The van der Waals surface area contributed by atoms with Crippen LogP contribution in [0.4, 0.5) is 0 Å². The molecule has 0 spiro atoms. The second-order valence-corrected chi connectivity index (χ2v) is 11.2. The first-order chi connectivity index (χ1) is 14.4. The number of hydrogen-bond donors (Lipinski definition) is 1. The molecule has 0 radical (unpaired) electrons. The summed E-state index contributed by atoms with van der Waals surface area (Å²) in [5, 5.41) is 5.55. The van der Waals surface area contributed by atoms with Crippen molar-refractivity contribution in [2.24, 2.45) is 0 Å². The van der Waals surface area contributed by atoms with Crippen molar-refractivity contribution < 1.29 is 29.5 Å². The maximum Gasteiger partial charge on any atom is 0.144 e. The van der Waals surface area contributed by atoms with Crippen molar-refractivity contribution in [3.8, 4) is 0 Å². The minimum absolute atomic E-state index is 1.39. The van der Waals surface area contributed by atoms with Crippen molar-refractivity contribution in [3.05, 3.63) is 121 Å². The molecule has 0 bridgehead atoms. The number of rotatable bonds is 4. The zero-order valence-electron chi connectivity index (χ0n) is 16.1. The Morgan fingerprint density at radius 2 is 0.667 bits per heavy atom. The zero-order chi connectivity index (χ0) is 21.5. The minimum Gasteiger partial charge on any atom is -0.0620 e. The molecule has 4 aromatic rings. The van der Waals surface area contributed by atoms with Gasteiger partial charge in [0.25, 0.3) is 0 Å². The van der Waals surface area contributed by atoms with Crippen LogP contribution in [0, 0.1) is 0 Å². The van der Waals surface area contributed by atoms with Crippen molar-refractivity contribution in [1.29, 1.82) is 0 Å². The molecule has 30 heavy (non-hydrogen) atoms. The van der Waals surface area contributed by atoms with E-state index in [1.54, 1.807) is 0 Å². The minimum atomic E-state index is -5.50. The zero-order valence-corrected chi connectivity index (χ0v) is 18.2. The standard InChI is InChI=1S/C24H20P.Cr.H2O.3O/c1-5-13-21(14-6-1)25(22-15-7-2-8-16-22,23-17-9-3-10-18-23)24-19-11-4-12-20-24;;;;;/h1-20H;;1H2;;;/q2*+1;;;;-1/p-1. The van der Waals surface area contributed by atoms with Gasteiger partial charge in [0.15, 0.2) is 0 Å². The van der Waals surface area contributed by atoms with E-state index in [-0.39, 0.29) is 0 Å². The molecule has 1 N–H and O–H groups in total. The first kappa shape index (κ1) is 22.1. The molecule has 0 saturated carbocycles. The van der Waals surface area contributed by atoms with E-state index >= 15 is 0 Å². The van der Waals surface area contributed by atoms with Crippen LogP contribution in [0.1, 0.15) is 0 Å². The van der Waals surface area contributed by atoms with Crippen LogP contribution < -0.4 is 25.4 Å². The van der Waals surface area contributed by atoms with Crippen LogP contribution >= 0.6 is 7.26 Å². The largest absolute Gasteiger partial charge is 0.144 e. The maximum absolute atomic E-state index is 8.70. The third-order valence-electron chi connectivity index (χ3n) is 4.57. The summed E-state index contributed by atoms with van der Waals surface area (Å²) in [6.07, 6.45) is 0. The van der Waals surface area contributed by atoms with Crippen LogP contribution in [0.3, 0.4) is 0 Å². The van der Waals surface area contributed by atoms with E-state index < -0.39 is 20.9 Å². The summed E-state index contributed by atoms with van der Waals surface area (Å²) < 4.78 is 33.1. The van der Waals surface area contributed by atoms with E-state index in [4.69, 9.17) is 15.9 Å². The smallest absolute Gasteiger partial charge is 0.0620 e. The maximum atomic E-state index is 8.70. The van der Waals surface area contributed by atoms with E-state index in [2.05, 4.69) is 121 Å². The molecule has 4 aromatic carbocycles. The van der Waals surface area contributed by atoms with Gasteiger partial charge in [0.05, 0.1) is 0 Å². The molecule has 0 aliphatic carbocycles. The van der Waals surface area contributed by atoms with E-state index in [1.807, 2.05) is 0 Å². The molecule has 0 aliphatic heterocycles. The fourth-order valence-electron chi connectivity index (χ4n) is 3.50. The van der Waals surface area contributed by atoms with Crippen LogP contribution in [0.25, 0.3) is 0 Å². The Bertz CT molecular complexity index is 980. The molecule has 6 heteroatoms. The molecule has 152 valence electrons. The van der Waals surface area contributed by atoms with Crippen molar-refractivity contribution in [3.63, 3.8) is 0 Å². The SMILES string of the molecule is [O]=[Cr](=[O])([O-])[OH].c1ccc([P+](c2ccccc2)(c2ccccc2)c2ccccc2)cc1. The molecule has 0 aliphatic rings. The molecule has 0 amide bonds. The van der Waals surface area contributed by atoms with Crippen LogP contribution in [-0.2, 0) is 21.2 Å². The van der Waals surface area contributed by atoms with Gasteiger partial charge in [-0.3, -0.25) is 0 Å². The second-order valence-electron chi connectivity index (χ2n) is 6.44. The van der Waals surface area contributed by atoms with E-state index in [1.165, 1.54) is 21.2 Å². The summed E-state index contributed by atoms with van der Waals surface area (Å²) in [5.41, 5.74) is 0. The molecule has 4 rings (SSSR count). The average Bonchev–Trinajstić information content (AvgIpc) is 2.76. The Labute approximate surface area is 179 Å². The predicted octanol–water partition coefficient (Wildman–Crippen LogP) is 2.32. The molecule has 0 fully saturated rings. The Morgan fingerprint density at radius 1 is 0.500 bits per heavy atom. The summed E-state index contributed by atoms with van der Waals surface area (Å²) in [4.78, 5) is 0. The first-order valence-corrected chi connectivity index (χ1v) is 13.1. The van der Waals surface area contributed by atoms with Crippen LogP contribution in [-0.4, -0.2) is 4.16 Å². The Balaban J connectivity index is 0.000000461. The van der Waals surface area contributed by atoms with Crippen LogP contribution in [0.2, 0.25) is 0 Å². The van der Waals surface area contributed by atoms with Crippen molar-refractivity contribution >= 4 is 28.5 Å². The van der Waals surface area contributed by atoms with Crippen LogP contribution in [0.15, 0.2) is 121 Å².